The zero-order valence-corrected chi connectivity index (χ0v) is 8.88. The van der Waals surface area contributed by atoms with Gasteiger partial charge in [-0.05, 0) is 33.1 Å². The number of hydrogen-bond donors (Lipinski definition) is 0. The average molecular weight is 184 g/mol. The molecule has 0 saturated carbocycles. The highest BCUT2D eigenvalue weighted by Crippen LogP contribution is 2.44. The van der Waals surface area contributed by atoms with Crippen LogP contribution in [-0.2, 0) is 9.47 Å². The maximum atomic E-state index is 6.00. The van der Waals surface area contributed by atoms with E-state index in [1.54, 1.807) is 0 Å². The Morgan fingerprint density at radius 3 is 2.31 bits per heavy atom. The summed E-state index contributed by atoms with van der Waals surface area (Å²) in [5, 5.41) is 0. The van der Waals surface area contributed by atoms with Crippen molar-refractivity contribution in [3.63, 3.8) is 0 Å². The summed E-state index contributed by atoms with van der Waals surface area (Å²) in [5.41, 5.74) is 0. The van der Waals surface area contributed by atoms with Crippen LogP contribution in [0.25, 0.3) is 0 Å². The lowest BCUT2D eigenvalue weighted by Gasteiger charge is -2.39. The second kappa shape index (κ2) is 3.25. The van der Waals surface area contributed by atoms with E-state index in [0.29, 0.717) is 18.1 Å². The van der Waals surface area contributed by atoms with Crippen molar-refractivity contribution < 1.29 is 9.47 Å². The second-order valence-electron chi connectivity index (χ2n) is 4.70. The number of ether oxygens (including phenoxy) is 2. The van der Waals surface area contributed by atoms with Crippen LogP contribution < -0.4 is 0 Å². The molecule has 2 heteroatoms. The van der Waals surface area contributed by atoms with Gasteiger partial charge in [-0.25, -0.2) is 0 Å². The molecule has 1 spiro atoms. The summed E-state index contributed by atoms with van der Waals surface area (Å²) in [7, 11) is 0. The van der Waals surface area contributed by atoms with Crippen molar-refractivity contribution >= 4 is 0 Å². The summed E-state index contributed by atoms with van der Waals surface area (Å²) in [5.74, 6) is 0.335. The summed E-state index contributed by atoms with van der Waals surface area (Å²) in [6.45, 7) is 6.55. The van der Waals surface area contributed by atoms with Crippen LogP contribution in [-0.4, -0.2) is 18.0 Å². The molecule has 0 aromatic heterocycles. The molecule has 0 radical (unpaired) electrons. The van der Waals surface area contributed by atoms with Crippen molar-refractivity contribution in [1.29, 1.82) is 0 Å². The molecule has 2 fully saturated rings. The van der Waals surface area contributed by atoms with Gasteiger partial charge in [0.05, 0.1) is 12.2 Å². The molecule has 2 aliphatic rings. The molecule has 0 aromatic carbocycles. The highest BCUT2D eigenvalue weighted by molar-refractivity contribution is 4.88. The first kappa shape index (κ1) is 9.47. The van der Waals surface area contributed by atoms with Crippen LogP contribution in [0.4, 0.5) is 0 Å². The lowest BCUT2D eigenvalue weighted by molar-refractivity contribution is -0.279. The zero-order chi connectivity index (χ0) is 9.47. The molecular formula is C11H20O2. The van der Waals surface area contributed by atoms with Gasteiger partial charge >= 0.3 is 0 Å². The Labute approximate surface area is 80.6 Å². The SMILES string of the molecule is C[C@@H]1CCC[C@]2(O1)O[C@H](C)C[C@@H]2C. The molecule has 2 heterocycles. The molecule has 0 bridgehead atoms. The third-order valence-corrected chi connectivity index (χ3v) is 3.37. The lowest BCUT2D eigenvalue weighted by atomic mass is 9.91. The van der Waals surface area contributed by atoms with E-state index in [0.717, 1.165) is 12.8 Å². The van der Waals surface area contributed by atoms with E-state index in [9.17, 15) is 0 Å². The fourth-order valence-corrected chi connectivity index (χ4v) is 2.73. The molecule has 2 saturated heterocycles. The van der Waals surface area contributed by atoms with Gasteiger partial charge in [0.15, 0.2) is 5.79 Å². The van der Waals surface area contributed by atoms with Gasteiger partial charge in [0.25, 0.3) is 0 Å². The minimum Gasteiger partial charge on any atom is -0.347 e. The number of hydrogen-bond acceptors (Lipinski definition) is 2. The molecule has 4 atom stereocenters. The van der Waals surface area contributed by atoms with E-state index in [2.05, 4.69) is 20.8 Å². The Kier molecular flexibility index (Phi) is 2.37. The molecule has 0 aliphatic carbocycles. The highest BCUT2D eigenvalue weighted by atomic mass is 16.7. The first-order valence-corrected chi connectivity index (χ1v) is 5.48. The van der Waals surface area contributed by atoms with Crippen molar-refractivity contribution in [1.82, 2.24) is 0 Å². The minimum absolute atomic E-state index is 0.225. The van der Waals surface area contributed by atoms with Crippen LogP contribution in [0.1, 0.15) is 46.5 Å². The van der Waals surface area contributed by atoms with Gasteiger partial charge in [-0.2, -0.15) is 0 Å². The predicted molar refractivity (Wildman–Crippen MR) is 51.5 cm³/mol. The Morgan fingerprint density at radius 2 is 1.77 bits per heavy atom. The van der Waals surface area contributed by atoms with Gasteiger partial charge in [-0.15, -0.1) is 0 Å². The number of rotatable bonds is 0. The summed E-state index contributed by atoms with van der Waals surface area (Å²) < 4.78 is 11.9. The largest absolute Gasteiger partial charge is 0.347 e. The Hall–Kier alpha value is -0.0800. The van der Waals surface area contributed by atoms with E-state index >= 15 is 0 Å². The maximum Gasteiger partial charge on any atom is 0.171 e. The summed E-state index contributed by atoms with van der Waals surface area (Å²) in [6.07, 6.45) is 5.42. The van der Waals surface area contributed by atoms with Crippen LogP contribution in [0.5, 0.6) is 0 Å². The van der Waals surface area contributed by atoms with Gasteiger partial charge < -0.3 is 9.47 Å². The van der Waals surface area contributed by atoms with Crippen molar-refractivity contribution in [2.45, 2.75) is 64.4 Å². The Balaban J connectivity index is 2.10. The molecule has 76 valence electrons. The van der Waals surface area contributed by atoms with E-state index in [-0.39, 0.29) is 5.79 Å². The minimum atomic E-state index is -0.225. The topological polar surface area (TPSA) is 18.5 Å². The standard InChI is InChI=1S/C11H20O2/c1-8-7-10(3)13-11(8)6-4-5-9(2)12-11/h8-10H,4-7H2,1-3H3/t8-,9+,10+,11-/m0/s1. The van der Waals surface area contributed by atoms with E-state index in [1.807, 2.05) is 0 Å². The van der Waals surface area contributed by atoms with Crippen LogP contribution in [0.15, 0.2) is 0 Å². The first-order valence-electron chi connectivity index (χ1n) is 5.48. The third-order valence-electron chi connectivity index (χ3n) is 3.37. The summed E-state index contributed by atoms with van der Waals surface area (Å²) in [4.78, 5) is 0. The quantitative estimate of drug-likeness (QED) is 0.576. The van der Waals surface area contributed by atoms with Crippen LogP contribution in [0.3, 0.4) is 0 Å². The molecule has 2 rings (SSSR count). The molecule has 0 N–H and O–H groups in total. The van der Waals surface area contributed by atoms with Crippen molar-refractivity contribution in [2.75, 3.05) is 0 Å². The van der Waals surface area contributed by atoms with Crippen molar-refractivity contribution in [3.05, 3.63) is 0 Å². The fourth-order valence-electron chi connectivity index (χ4n) is 2.73. The molecule has 0 aromatic rings. The monoisotopic (exact) mass is 184 g/mol. The van der Waals surface area contributed by atoms with Crippen LogP contribution >= 0.6 is 0 Å². The van der Waals surface area contributed by atoms with E-state index in [4.69, 9.17) is 9.47 Å². The highest BCUT2D eigenvalue weighted by Gasteiger charge is 2.48. The van der Waals surface area contributed by atoms with Gasteiger partial charge in [-0.1, -0.05) is 6.92 Å². The normalized spacial score (nSPS) is 51.5. The summed E-state index contributed by atoms with van der Waals surface area (Å²) >= 11 is 0. The molecule has 13 heavy (non-hydrogen) atoms. The fraction of sp³-hybridized carbons (Fsp3) is 1.00. The van der Waals surface area contributed by atoms with Crippen molar-refractivity contribution in [2.24, 2.45) is 5.92 Å². The van der Waals surface area contributed by atoms with Gasteiger partial charge in [0.2, 0.25) is 0 Å². The molecule has 2 aliphatic heterocycles. The second-order valence-corrected chi connectivity index (χ2v) is 4.70. The maximum absolute atomic E-state index is 6.00. The summed E-state index contributed by atoms with van der Waals surface area (Å²) in [6, 6.07) is 0. The smallest absolute Gasteiger partial charge is 0.171 e. The molecule has 2 nitrogen and oxygen atoms in total. The van der Waals surface area contributed by atoms with Gasteiger partial charge in [0, 0.05) is 12.3 Å². The van der Waals surface area contributed by atoms with Gasteiger partial charge in [-0.3, -0.25) is 0 Å². The molecule has 0 unspecified atom stereocenters. The third kappa shape index (κ3) is 1.62. The van der Waals surface area contributed by atoms with E-state index in [1.165, 1.54) is 12.8 Å². The molecular weight excluding hydrogens is 164 g/mol. The Morgan fingerprint density at radius 1 is 1.08 bits per heavy atom. The van der Waals surface area contributed by atoms with E-state index < -0.39 is 0 Å². The average Bonchev–Trinajstić information content (AvgIpc) is 2.26. The Bertz CT molecular complexity index is 193. The first-order chi connectivity index (χ1) is 6.12. The molecule has 0 amide bonds. The predicted octanol–water partition coefficient (Wildman–Crippen LogP) is 2.72. The van der Waals surface area contributed by atoms with Crippen LogP contribution in [0.2, 0.25) is 0 Å². The van der Waals surface area contributed by atoms with Crippen molar-refractivity contribution in [3.8, 4) is 0 Å². The lowest BCUT2D eigenvalue weighted by Crippen LogP contribution is -2.43. The van der Waals surface area contributed by atoms with Gasteiger partial charge in [0.1, 0.15) is 0 Å². The zero-order valence-electron chi connectivity index (χ0n) is 8.88. The van der Waals surface area contributed by atoms with Crippen LogP contribution in [0, 0.1) is 5.92 Å².